The minimum Gasteiger partial charge on any atom is -0.490 e. The Kier molecular flexibility index (Phi) is 7.18. The number of nitrogens with zero attached hydrogens (tertiary/aromatic N) is 2. The molecule has 1 fully saturated rings. The SMILES string of the molecule is C[C@@H](Oc1cc(-n2cnc3ccc(O[C@H](C)[C@@H]4CCCNC4)cc32)sc1C(N)=O)c1ccccc1Cl. The van der Waals surface area contributed by atoms with E-state index in [1.807, 2.05) is 60.0 Å². The Morgan fingerprint density at radius 2 is 2.06 bits per heavy atom. The van der Waals surface area contributed by atoms with Crippen molar-refractivity contribution in [2.45, 2.75) is 38.9 Å². The van der Waals surface area contributed by atoms with Crippen molar-refractivity contribution in [3.63, 3.8) is 0 Å². The molecule has 0 saturated carbocycles. The van der Waals surface area contributed by atoms with Gasteiger partial charge >= 0.3 is 0 Å². The molecule has 1 aliphatic heterocycles. The summed E-state index contributed by atoms with van der Waals surface area (Å²) in [5.41, 5.74) is 8.24. The van der Waals surface area contributed by atoms with Crippen LogP contribution < -0.4 is 20.5 Å². The zero-order valence-corrected chi connectivity index (χ0v) is 21.8. The molecule has 5 rings (SSSR count). The Bertz CT molecular complexity index is 1380. The normalized spacial score (nSPS) is 17.6. The van der Waals surface area contributed by atoms with Crippen molar-refractivity contribution >= 4 is 39.9 Å². The number of imidazole rings is 1. The van der Waals surface area contributed by atoms with E-state index in [4.69, 9.17) is 26.8 Å². The Morgan fingerprint density at radius 1 is 1.22 bits per heavy atom. The van der Waals surface area contributed by atoms with Gasteiger partial charge in [0.15, 0.2) is 0 Å². The number of carbonyl (C=O) groups excluding carboxylic acids is 1. The van der Waals surface area contributed by atoms with E-state index in [1.165, 1.54) is 17.8 Å². The van der Waals surface area contributed by atoms with Crippen molar-refractivity contribution in [1.82, 2.24) is 14.9 Å². The molecular weight excluding hydrogens is 496 g/mol. The standard InChI is InChI=1S/C27H29ClN4O3S/c1-16(18-6-5-11-30-14-18)34-19-9-10-22-23(12-19)32(15-31-22)25-13-24(26(36-25)27(29)33)35-17(2)20-7-3-4-8-21(20)28/h3-4,7-10,12-13,15-18,30H,5-6,11,14H2,1-2H3,(H2,29,33)/t16-,17-,18-/m1/s1. The lowest BCUT2D eigenvalue weighted by Crippen LogP contribution is -2.37. The van der Waals surface area contributed by atoms with Crippen molar-refractivity contribution < 1.29 is 14.3 Å². The zero-order chi connectivity index (χ0) is 25.2. The monoisotopic (exact) mass is 524 g/mol. The molecule has 0 aliphatic carbocycles. The summed E-state index contributed by atoms with van der Waals surface area (Å²) < 4.78 is 14.4. The topological polar surface area (TPSA) is 91.4 Å². The highest BCUT2D eigenvalue weighted by atomic mass is 35.5. The maximum absolute atomic E-state index is 12.3. The molecule has 0 spiro atoms. The Morgan fingerprint density at radius 3 is 2.81 bits per heavy atom. The van der Waals surface area contributed by atoms with Crippen molar-refractivity contribution in [1.29, 1.82) is 0 Å². The van der Waals surface area contributed by atoms with Crippen molar-refractivity contribution in [3.8, 4) is 16.5 Å². The molecule has 0 radical (unpaired) electrons. The predicted octanol–water partition coefficient (Wildman–Crippen LogP) is 5.75. The van der Waals surface area contributed by atoms with Crippen LogP contribution in [0.4, 0.5) is 0 Å². The van der Waals surface area contributed by atoms with Gasteiger partial charge < -0.3 is 20.5 Å². The molecule has 3 N–H and O–H groups in total. The molecule has 7 nitrogen and oxygen atoms in total. The number of thiophene rings is 1. The molecule has 1 aliphatic rings. The Hall–Kier alpha value is -3.07. The third-order valence-electron chi connectivity index (χ3n) is 6.63. The van der Waals surface area contributed by atoms with Crippen molar-refractivity contribution in [2.24, 2.45) is 11.7 Å². The van der Waals surface area contributed by atoms with Gasteiger partial charge in [-0.15, -0.1) is 11.3 Å². The quantitative estimate of drug-likeness (QED) is 0.306. The number of piperidine rings is 1. The summed E-state index contributed by atoms with van der Waals surface area (Å²) in [6, 6.07) is 15.2. The smallest absolute Gasteiger partial charge is 0.262 e. The first-order valence-electron chi connectivity index (χ1n) is 12.1. The molecule has 3 heterocycles. The van der Waals surface area contributed by atoms with E-state index in [-0.39, 0.29) is 12.2 Å². The highest BCUT2D eigenvalue weighted by Crippen LogP contribution is 2.37. The van der Waals surface area contributed by atoms with E-state index in [9.17, 15) is 4.79 Å². The Balaban J connectivity index is 1.43. The largest absolute Gasteiger partial charge is 0.490 e. The van der Waals surface area contributed by atoms with Crippen molar-refractivity contribution in [3.05, 3.63) is 70.3 Å². The van der Waals surface area contributed by atoms with Crippen LogP contribution in [0.2, 0.25) is 5.02 Å². The third kappa shape index (κ3) is 5.07. The van der Waals surface area contributed by atoms with E-state index >= 15 is 0 Å². The average molecular weight is 525 g/mol. The second-order valence-electron chi connectivity index (χ2n) is 9.12. The van der Waals surface area contributed by atoms with Crippen LogP contribution in [0.3, 0.4) is 0 Å². The maximum Gasteiger partial charge on any atom is 0.262 e. The highest BCUT2D eigenvalue weighted by Gasteiger charge is 2.23. The summed E-state index contributed by atoms with van der Waals surface area (Å²) in [4.78, 5) is 17.1. The van der Waals surface area contributed by atoms with Crippen LogP contribution >= 0.6 is 22.9 Å². The molecule has 0 bridgehead atoms. The van der Waals surface area contributed by atoms with E-state index in [1.54, 1.807) is 6.33 Å². The third-order valence-corrected chi connectivity index (χ3v) is 8.11. The van der Waals surface area contributed by atoms with Gasteiger partial charge in [-0.05, 0) is 51.4 Å². The predicted molar refractivity (Wildman–Crippen MR) is 144 cm³/mol. The van der Waals surface area contributed by atoms with Crippen LogP contribution in [-0.4, -0.2) is 34.7 Å². The maximum atomic E-state index is 12.3. The first kappa shape index (κ1) is 24.6. The zero-order valence-electron chi connectivity index (χ0n) is 20.2. The molecule has 1 amide bonds. The van der Waals surface area contributed by atoms with Crippen LogP contribution in [-0.2, 0) is 0 Å². The number of ether oxygens (including phenoxy) is 2. The van der Waals surface area contributed by atoms with E-state index < -0.39 is 5.91 Å². The highest BCUT2D eigenvalue weighted by molar-refractivity contribution is 7.16. The molecule has 3 atom stereocenters. The van der Waals surface area contributed by atoms with Gasteiger partial charge in [0.25, 0.3) is 5.91 Å². The number of benzene rings is 2. The number of aromatic nitrogens is 2. The molecule has 1 saturated heterocycles. The first-order valence-corrected chi connectivity index (χ1v) is 13.3. The lowest BCUT2D eigenvalue weighted by Gasteiger charge is -2.28. The van der Waals surface area contributed by atoms with Gasteiger partial charge in [0.1, 0.15) is 33.8 Å². The molecule has 188 valence electrons. The van der Waals surface area contributed by atoms with E-state index in [2.05, 4.69) is 17.2 Å². The van der Waals surface area contributed by atoms with Crippen LogP contribution in [0.5, 0.6) is 11.5 Å². The van der Waals surface area contributed by atoms with Gasteiger partial charge in [0.05, 0.1) is 17.1 Å². The van der Waals surface area contributed by atoms with Gasteiger partial charge in [-0.1, -0.05) is 29.8 Å². The second kappa shape index (κ2) is 10.5. The minimum absolute atomic E-state index is 0.0983. The van der Waals surface area contributed by atoms with Crippen LogP contribution in [0.15, 0.2) is 54.9 Å². The second-order valence-corrected chi connectivity index (χ2v) is 10.6. The summed E-state index contributed by atoms with van der Waals surface area (Å²) >= 11 is 7.61. The van der Waals surface area contributed by atoms with E-state index in [0.717, 1.165) is 46.9 Å². The Labute approximate surface area is 219 Å². The molecule has 4 aromatic rings. The van der Waals surface area contributed by atoms with Gasteiger partial charge in [0, 0.05) is 35.2 Å². The first-order chi connectivity index (χ1) is 17.4. The number of hydrogen-bond donors (Lipinski definition) is 2. The number of nitrogens with one attached hydrogen (secondary N) is 1. The molecule has 2 aromatic carbocycles. The van der Waals surface area contributed by atoms with Crippen LogP contribution in [0.1, 0.15) is 48.0 Å². The van der Waals surface area contributed by atoms with E-state index in [0.29, 0.717) is 21.6 Å². The fourth-order valence-electron chi connectivity index (χ4n) is 4.63. The fraction of sp³-hybridized carbons (Fsp3) is 0.333. The number of amides is 1. The van der Waals surface area contributed by atoms with Gasteiger partial charge in [-0.25, -0.2) is 4.98 Å². The van der Waals surface area contributed by atoms with Gasteiger partial charge in [0.2, 0.25) is 0 Å². The summed E-state index contributed by atoms with van der Waals surface area (Å²) in [6.07, 6.45) is 3.80. The molecule has 0 unspecified atom stereocenters. The number of hydrogen-bond acceptors (Lipinski definition) is 6. The summed E-state index contributed by atoms with van der Waals surface area (Å²) in [7, 11) is 0. The molecule has 36 heavy (non-hydrogen) atoms. The van der Waals surface area contributed by atoms with Crippen LogP contribution in [0.25, 0.3) is 16.0 Å². The van der Waals surface area contributed by atoms with Crippen LogP contribution in [0, 0.1) is 5.92 Å². The molecule has 2 aromatic heterocycles. The number of fused-ring (bicyclic) bond motifs is 1. The average Bonchev–Trinajstić information content (AvgIpc) is 3.48. The lowest BCUT2D eigenvalue weighted by molar-refractivity contribution is 0.0998. The minimum atomic E-state index is -0.545. The van der Waals surface area contributed by atoms with Gasteiger partial charge in [-0.2, -0.15) is 0 Å². The number of halogens is 1. The number of nitrogens with two attached hydrogens (primary N) is 1. The number of rotatable bonds is 8. The summed E-state index contributed by atoms with van der Waals surface area (Å²) in [6.45, 7) is 6.07. The summed E-state index contributed by atoms with van der Waals surface area (Å²) in [5.74, 6) is 1.14. The fourth-order valence-corrected chi connectivity index (χ4v) is 5.84. The van der Waals surface area contributed by atoms with Gasteiger partial charge in [-0.3, -0.25) is 9.36 Å². The summed E-state index contributed by atoms with van der Waals surface area (Å²) in [5, 5.41) is 4.83. The number of primary amides is 1. The molecular formula is C27H29ClN4O3S. The molecule has 9 heteroatoms. The number of carbonyl (C=O) groups is 1. The van der Waals surface area contributed by atoms with Crippen molar-refractivity contribution in [2.75, 3.05) is 13.1 Å². The lowest BCUT2D eigenvalue weighted by atomic mass is 9.95.